The highest BCUT2D eigenvalue weighted by molar-refractivity contribution is 5.52. The van der Waals surface area contributed by atoms with Crippen LogP contribution < -0.4 is 4.90 Å². The topological polar surface area (TPSA) is 15.7 Å². The molecule has 3 rings (SSSR count). The second-order valence-corrected chi connectivity index (χ2v) is 6.96. The van der Waals surface area contributed by atoms with Gasteiger partial charge in [-0.15, -0.1) is 0 Å². The molecule has 0 N–H and O–H groups in total. The predicted octanol–water partition coefficient (Wildman–Crippen LogP) is 4.07. The second kappa shape index (κ2) is 8.45. The Morgan fingerprint density at radius 1 is 1.08 bits per heavy atom. The third-order valence-electron chi connectivity index (χ3n) is 4.65. The molecule has 1 unspecified atom stereocenters. The summed E-state index contributed by atoms with van der Waals surface area (Å²) in [5.74, 6) is -0.178. The lowest BCUT2D eigenvalue weighted by Gasteiger charge is -2.27. The van der Waals surface area contributed by atoms with E-state index < -0.39 is 0 Å². The highest BCUT2D eigenvalue weighted by Gasteiger charge is 2.20. The van der Waals surface area contributed by atoms with Crippen LogP contribution in [0.3, 0.4) is 0 Å². The van der Waals surface area contributed by atoms with Crippen LogP contribution in [0.15, 0.2) is 48.5 Å². The number of hydrogen-bond donors (Lipinski definition) is 0. The summed E-state index contributed by atoms with van der Waals surface area (Å²) >= 11 is 0. The minimum absolute atomic E-state index is 0.178. The van der Waals surface area contributed by atoms with Gasteiger partial charge in [0.1, 0.15) is 5.82 Å². The minimum atomic E-state index is -0.178. The monoisotopic (exact) mass is 342 g/mol. The molecule has 4 heteroatoms. The zero-order valence-electron chi connectivity index (χ0n) is 15.1. The van der Waals surface area contributed by atoms with Crippen molar-refractivity contribution in [2.75, 3.05) is 32.1 Å². The van der Waals surface area contributed by atoms with Gasteiger partial charge in [-0.05, 0) is 42.2 Å². The van der Waals surface area contributed by atoms with Crippen molar-refractivity contribution in [2.45, 2.75) is 32.0 Å². The lowest BCUT2D eigenvalue weighted by Crippen LogP contribution is -2.32. The van der Waals surface area contributed by atoms with Gasteiger partial charge in [0, 0.05) is 46.0 Å². The van der Waals surface area contributed by atoms with E-state index in [9.17, 15) is 4.39 Å². The first-order chi connectivity index (χ1) is 12.1. The third kappa shape index (κ3) is 5.03. The van der Waals surface area contributed by atoms with Crippen molar-refractivity contribution in [3.05, 3.63) is 65.5 Å². The van der Waals surface area contributed by atoms with Crippen molar-refractivity contribution in [3.8, 4) is 0 Å². The lowest BCUT2D eigenvalue weighted by atomic mass is 10.1. The van der Waals surface area contributed by atoms with E-state index in [-0.39, 0.29) is 11.9 Å². The quantitative estimate of drug-likeness (QED) is 0.754. The molecule has 3 nitrogen and oxygen atoms in total. The van der Waals surface area contributed by atoms with Crippen molar-refractivity contribution in [2.24, 2.45) is 0 Å². The standard InChI is InChI=1S/C21H27FN2O/c1-23(2)21-11-4-3-8-18(21)15-24(16-20-10-6-12-25-20)14-17-7-5-9-19(22)13-17/h3-5,7-9,11,13,20H,6,10,12,14-16H2,1-2H3. The normalized spacial score (nSPS) is 17.2. The van der Waals surface area contributed by atoms with E-state index in [4.69, 9.17) is 4.74 Å². The number of halogens is 1. The molecule has 0 spiro atoms. The molecule has 1 fully saturated rings. The van der Waals surface area contributed by atoms with E-state index in [1.165, 1.54) is 17.3 Å². The zero-order chi connectivity index (χ0) is 17.6. The molecular weight excluding hydrogens is 315 g/mol. The Hall–Kier alpha value is -1.91. The molecule has 2 aromatic carbocycles. The number of para-hydroxylation sites is 1. The van der Waals surface area contributed by atoms with Crippen molar-refractivity contribution in [1.82, 2.24) is 4.90 Å². The van der Waals surface area contributed by atoms with Crippen LogP contribution in [-0.4, -0.2) is 38.3 Å². The Kier molecular flexibility index (Phi) is 6.05. The molecule has 0 aliphatic carbocycles. The molecule has 1 atom stereocenters. The van der Waals surface area contributed by atoms with E-state index >= 15 is 0 Å². The average Bonchev–Trinajstić information content (AvgIpc) is 3.08. The first-order valence-corrected chi connectivity index (χ1v) is 8.95. The fourth-order valence-electron chi connectivity index (χ4n) is 3.48. The van der Waals surface area contributed by atoms with Gasteiger partial charge in [-0.2, -0.15) is 0 Å². The van der Waals surface area contributed by atoms with Crippen LogP contribution in [0, 0.1) is 5.82 Å². The van der Waals surface area contributed by atoms with Crippen LogP contribution in [0.5, 0.6) is 0 Å². The van der Waals surface area contributed by atoms with Gasteiger partial charge in [-0.3, -0.25) is 4.90 Å². The number of nitrogens with zero attached hydrogens (tertiary/aromatic N) is 2. The molecule has 0 saturated carbocycles. The molecule has 1 aliphatic heterocycles. The van der Waals surface area contributed by atoms with Gasteiger partial charge in [0.2, 0.25) is 0 Å². The summed E-state index contributed by atoms with van der Waals surface area (Å²) in [5, 5.41) is 0. The van der Waals surface area contributed by atoms with Gasteiger partial charge in [-0.1, -0.05) is 30.3 Å². The van der Waals surface area contributed by atoms with Gasteiger partial charge in [0.05, 0.1) is 6.10 Å². The SMILES string of the molecule is CN(C)c1ccccc1CN(Cc1cccc(F)c1)CC1CCCO1. The largest absolute Gasteiger partial charge is 0.377 e. The Morgan fingerprint density at radius 2 is 1.92 bits per heavy atom. The van der Waals surface area contributed by atoms with Crippen molar-refractivity contribution >= 4 is 5.69 Å². The van der Waals surface area contributed by atoms with Crippen LogP contribution >= 0.6 is 0 Å². The van der Waals surface area contributed by atoms with Gasteiger partial charge in [0.25, 0.3) is 0 Å². The number of anilines is 1. The first kappa shape index (κ1) is 17.9. The molecule has 1 aliphatic rings. The number of benzene rings is 2. The first-order valence-electron chi connectivity index (χ1n) is 8.95. The molecule has 0 bridgehead atoms. The van der Waals surface area contributed by atoms with E-state index in [2.05, 4.69) is 48.2 Å². The van der Waals surface area contributed by atoms with Crippen LogP contribution in [-0.2, 0) is 17.8 Å². The number of rotatable bonds is 7. The maximum Gasteiger partial charge on any atom is 0.123 e. The van der Waals surface area contributed by atoms with Gasteiger partial charge in [-0.25, -0.2) is 4.39 Å². The molecule has 1 heterocycles. The number of ether oxygens (including phenoxy) is 1. The van der Waals surface area contributed by atoms with Crippen LogP contribution in [0.2, 0.25) is 0 Å². The maximum absolute atomic E-state index is 13.6. The average molecular weight is 342 g/mol. The van der Waals surface area contributed by atoms with E-state index in [0.29, 0.717) is 0 Å². The summed E-state index contributed by atoms with van der Waals surface area (Å²) in [4.78, 5) is 4.51. The van der Waals surface area contributed by atoms with Gasteiger partial charge >= 0.3 is 0 Å². The highest BCUT2D eigenvalue weighted by Crippen LogP contribution is 2.23. The smallest absolute Gasteiger partial charge is 0.123 e. The molecule has 0 aromatic heterocycles. The minimum Gasteiger partial charge on any atom is -0.377 e. The van der Waals surface area contributed by atoms with Crippen molar-refractivity contribution in [1.29, 1.82) is 0 Å². The predicted molar refractivity (Wildman–Crippen MR) is 100 cm³/mol. The fraction of sp³-hybridized carbons (Fsp3) is 0.429. The van der Waals surface area contributed by atoms with Crippen LogP contribution in [0.4, 0.5) is 10.1 Å². The second-order valence-electron chi connectivity index (χ2n) is 6.96. The fourth-order valence-corrected chi connectivity index (χ4v) is 3.48. The molecule has 25 heavy (non-hydrogen) atoms. The third-order valence-corrected chi connectivity index (χ3v) is 4.65. The summed E-state index contributed by atoms with van der Waals surface area (Å²) in [6.45, 7) is 3.27. The molecule has 0 amide bonds. The molecular formula is C21H27FN2O. The van der Waals surface area contributed by atoms with Gasteiger partial charge in [0.15, 0.2) is 0 Å². The van der Waals surface area contributed by atoms with Crippen molar-refractivity contribution in [3.63, 3.8) is 0 Å². The molecule has 2 aromatic rings. The maximum atomic E-state index is 13.6. The van der Waals surface area contributed by atoms with Gasteiger partial charge < -0.3 is 9.64 Å². The Morgan fingerprint density at radius 3 is 2.64 bits per heavy atom. The summed E-state index contributed by atoms with van der Waals surface area (Å²) in [5.41, 5.74) is 3.50. The van der Waals surface area contributed by atoms with Crippen LogP contribution in [0.1, 0.15) is 24.0 Å². The Labute approximate surface area is 150 Å². The molecule has 134 valence electrons. The Balaban J connectivity index is 1.78. The summed E-state index contributed by atoms with van der Waals surface area (Å²) in [6, 6.07) is 15.3. The van der Waals surface area contributed by atoms with Crippen LogP contribution in [0.25, 0.3) is 0 Å². The zero-order valence-corrected chi connectivity index (χ0v) is 15.1. The van der Waals surface area contributed by atoms with E-state index in [1.807, 2.05) is 6.07 Å². The van der Waals surface area contributed by atoms with E-state index in [0.717, 1.165) is 44.6 Å². The summed E-state index contributed by atoms with van der Waals surface area (Å²) in [6.07, 6.45) is 2.52. The molecule has 0 radical (unpaired) electrons. The summed E-state index contributed by atoms with van der Waals surface area (Å²) < 4.78 is 19.4. The van der Waals surface area contributed by atoms with E-state index in [1.54, 1.807) is 12.1 Å². The highest BCUT2D eigenvalue weighted by atomic mass is 19.1. The van der Waals surface area contributed by atoms with Crippen molar-refractivity contribution < 1.29 is 9.13 Å². The Bertz CT molecular complexity index is 683. The summed E-state index contributed by atoms with van der Waals surface area (Å²) in [7, 11) is 4.13. The number of hydrogen-bond acceptors (Lipinski definition) is 3. The molecule has 1 saturated heterocycles. The lowest BCUT2D eigenvalue weighted by molar-refractivity contribution is 0.0679.